The van der Waals surface area contributed by atoms with Crippen molar-refractivity contribution in [3.8, 4) is 0 Å². The molecular weight excluding hydrogens is 264 g/mol. The number of halogens is 1. The number of nitrogens with zero attached hydrogens (tertiary/aromatic N) is 1. The molecule has 0 spiro atoms. The minimum absolute atomic E-state index is 0.0401. The monoisotopic (exact) mass is 274 g/mol. The van der Waals surface area contributed by atoms with Gasteiger partial charge in [-0.3, -0.25) is 4.79 Å². The van der Waals surface area contributed by atoms with Crippen molar-refractivity contribution in [1.29, 1.82) is 0 Å². The van der Waals surface area contributed by atoms with E-state index in [0.29, 0.717) is 11.0 Å². The summed E-state index contributed by atoms with van der Waals surface area (Å²) in [6.07, 6.45) is 2.48. The first-order valence-electron chi connectivity index (χ1n) is 4.57. The predicted octanol–water partition coefficient (Wildman–Crippen LogP) is 2.74. The molecule has 14 heavy (non-hydrogen) atoms. The number of carbonyl (C=O) groups is 1. The largest absolute Gasteiger partial charge is 0.301 e. The molecule has 2 rings (SSSR count). The molecule has 0 saturated heterocycles. The number of alkyl halides is 1. The summed E-state index contributed by atoms with van der Waals surface area (Å²) in [5, 5.41) is 5.51. The summed E-state index contributed by atoms with van der Waals surface area (Å²) in [7, 11) is 0. The van der Waals surface area contributed by atoms with E-state index in [1.807, 2.05) is 5.38 Å². The molecule has 1 fully saturated rings. The minimum Gasteiger partial charge on any atom is -0.301 e. The van der Waals surface area contributed by atoms with Crippen LogP contribution in [0.2, 0.25) is 0 Å². The van der Waals surface area contributed by atoms with Crippen molar-refractivity contribution in [3.63, 3.8) is 0 Å². The fourth-order valence-electron chi connectivity index (χ4n) is 1.12. The first-order valence-corrected chi connectivity index (χ1v) is 6.36. The van der Waals surface area contributed by atoms with Crippen molar-refractivity contribution in [2.24, 2.45) is 0 Å². The van der Waals surface area contributed by atoms with Crippen molar-refractivity contribution in [1.82, 2.24) is 4.98 Å². The van der Waals surface area contributed by atoms with E-state index < -0.39 is 0 Å². The van der Waals surface area contributed by atoms with Crippen molar-refractivity contribution >= 4 is 38.3 Å². The maximum Gasteiger partial charge on any atom is 0.239 e. The van der Waals surface area contributed by atoms with E-state index in [1.165, 1.54) is 24.2 Å². The van der Waals surface area contributed by atoms with Crippen LogP contribution >= 0.6 is 27.3 Å². The van der Waals surface area contributed by atoms with Gasteiger partial charge in [0.15, 0.2) is 5.13 Å². The standard InChI is InChI=1S/C9H11BrN2OS/c1-5(10)8(13)12-9-11-7(4-14-9)6-2-3-6/h4-6H,2-3H2,1H3,(H,11,12,13). The average molecular weight is 275 g/mol. The fraction of sp³-hybridized carbons (Fsp3) is 0.556. The first kappa shape index (κ1) is 10.1. The van der Waals surface area contributed by atoms with Gasteiger partial charge >= 0.3 is 0 Å². The molecule has 1 N–H and O–H groups in total. The Morgan fingerprint density at radius 1 is 1.79 bits per heavy atom. The van der Waals surface area contributed by atoms with E-state index in [2.05, 4.69) is 26.2 Å². The van der Waals surface area contributed by atoms with Crippen molar-refractivity contribution < 1.29 is 4.79 Å². The third-order valence-corrected chi connectivity index (χ3v) is 3.30. The third kappa shape index (κ3) is 2.33. The van der Waals surface area contributed by atoms with Crippen LogP contribution in [-0.4, -0.2) is 15.7 Å². The fourth-order valence-corrected chi connectivity index (χ4v) is 2.02. The summed E-state index contributed by atoms with van der Waals surface area (Å²) < 4.78 is 0. The van der Waals surface area contributed by atoms with Crippen LogP contribution < -0.4 is 5.32 Å². The molecule has 0 radical (unpaired) electrons. The van der Waals surface area contributed by atoms with E-state index in [0.717, 1.165) is 5.69 Å². The molecule has 1 aromatic rings. The molecule has 1 atom stereocenters. The van der Waals surface area contributed by atoms with Gasteiger partial charge in [0.2, 0.25) is 5.91 Å². The SMILES string of the molecule is CC(Br)C(=O)Nc1nc(C2CC2)cs1. The van der Waals surface area contributed by atoms with E-state index >= 15 is 0 Å². The summed E-state index contributed by atoms with van der Waals surface area (Å²) in [5.74, 6) is 0.611. The van der Waals surface area contributed by atoms with Crippen LogP contribution in [0.25, 0.3) is 0 Å². The first-order chi connectivity index (χ1) is 6.66. The zero-order valence-electron chi connectivity index (χ0n) is 7.79. The van der Waals surface area contributed by atoms with Crippen LogP contribution in [0, 0.1) is 0 Å². The van der Waals surface area contributed by atoms with Gasteiger partial charge in [0.25, 0.3) is 0 Å². The Balaban J connectivity index is 1.99. The van der Waals surface area contributed by atoms with Gasteiger partial charge in [0.05, 0.1) is 10.5 Å². The van der Waals surface area contributed by atoms with E-state index in [4.69, 9.17) is 0 Å². The molecule has 1 aliphatic rings. The van der Waals surface area contributed by atoms with Crippen LogP contribution in [0.4, 0.5) is 5.13 Å². The van der Waals surface area contributed by atoms with Gasteiger partial charge in [0.1, 0.15) is 0 Å². The second-order valence-electron chi connectivity index (χ2n) is 3.46. The lowest BCUT2D eigenvalue weighted by molar-refractivity contribution is -0.115. The van der Waals surface area contributed by atoms with E-state index in [-0.39, 0.29) is 10.7 Å². The summed E-state index contributed by atoms with van der Waals surface area (Å²) >= 11 is 4.71. The second-order valence-corrected chi connectivity index (χ2v) is 5.69. The number of thiazole rings is 1. The van der Waals surface area contributed by atoms with Gasteiger partial charge in [-0.05, 0) is 19.8 Å². The van der Waals surface area contributed by atoms with Crippen molar-refractivity contribution in [3.05, 3.63) is 11.1 Å². The molecular formula is C9H11BrN2OS. The van der Waals surface area contributed by atoms with Crippen molar-refractivity contribution in [2.45, 2.75) is 30.5 Å². The zero-order valence-corrected chi connectivity index (χ0v) is 10.2. The highest BCUT2D eigenvalue weighted by Gasteiger charge is 2.26. The number of rotatable bonds is 3. The topological polar surface area (TPSA) is 42.0 Å². The maximum absolute atomic E-state index is 11.3. The highest BCUT2D eigenvalue weighted by Crippen LogP contribution is 2.40. The Morgan fingerprint density at radius 3 is 3.07 bits per heavy atom. The minimum atomic E-state index is -0.171. The molecule has 1 amide bonds. The average Bonchev–Trinajstić information content (AvgIpc) is 2.88. The van der Waals surface area contributed by atoms with Gasteiger partial charge in [-0.15, -0.1) is 11.3 Å². The van der Waals surface area contributed by atoms with E-state index in [9.17, 15) is 4.79 Å². The molecule has 0 aliphatic heterocycles. The van der Waals surface area contributed by atoms with E-state index in [1.54, 1.807) is 6.92 Å². The molecule has 5 heteroatoms. The lowest BCUT2D eigenvalue weighted by atomic mass is 10.3. The summed E-state index contributed by atoms with van der Waals surface area (Å²) in [6, 6.07) is 0. The molecule has 0 bridgehead atoms. The lowest BCUT2D eigenvalue weighted by Crippen LogP contribution is -2.19. The van der Waals surface area contributed by atoms with Crippen LogP contribution in [0.5, 0.6) is 0 Å². The molecule has 0 aromatic carbocycles. The normalized spacial score (nSPS) is 17.9. The Morgan fingerprint density at radius 2 is 2.50 bits per heavy atom. The molecule has 1 saturated carbocycles. The van der Waals surface area contributed by atoms with Crippen LogP contribution in [0.3, 0.4) is 0 Å². The number of anilines is 1. The number of carbonyl (C=O) groups excluding carboxylic acids is 1. The smallest absolute Gasteiger partial charge is 0.239 e. The van der Waals surface area contributed by atoms with Gasteiger partial charge in [-0.2, -0.15) is 0 Å². The zero-order chi connectivity index (χ0) is 10.1. The second kappa shape index (κ2) is 3.98. The Bertz CT molecular complexity index is 346. The lowest BCUT2D eigenvalue weighted by Gasteiger charge is -2.01. The Labute approximate surface area is 95.1 Å². The number of amides is 1. The third-order valence-electron chi connectivity index (χ3n) is 2.11. The highest BCUT2D eigenvalue weighted by molar-refractivity contribution is 9.10. The quantitative estimate of drug-likeness (QED) is 0.862. The number of hydrogen-bond acceptors (Lipinski definition) is 3. The van der Waals surface area contributed by atoms with Crippen LogP contribution in [0.1, 0.15) is 31.4 Å². The Kier molecular flexibility index (Phi) is 2.88. The number of aromatic nitrogens is 1. The van der Waals surface area contributed by atoms with Gasteiger partial charge in [-0.1, -0.05) is 15.9 Å². The van der Waals surface area contributed by atoms with Crippen LogP contribution in [0.15, 0.2) is 5.38 Å². The molecule has 76 valence electrons. The number of hydrogen-bond donors (Lipinski definition) is 1. The number of nitrogens with one attached hydrogen (secondary N) is 1. The van der Waals surface area contributed by atoms with Gasteiger partial charge in [0, 0.05) is 11.3 Å². The van der Waals surface area contributed by atoms with Gasteiger partial charge in [-0.25, -0.2) is 4.98 Å². The molecule has 1 heterocycles. The summed E-state index contributed by atoms with van der Waals surface area (Å²) in [5.41, 5.74) is 1.13. The highest BCUT2D eigenvalue weighted by atomic mass is 79.9. The van der Waals surface area contributed by atoms with Crippen molar-refractivity contribution in [2.75, 3.05) is 5.32 Å². The summed E-state index contributed by atoms with van der Waals surface area (Å²) in [4.78, 5) is 15.5. The summed E-state index contributed by atoms with van der Waals surface area (Å²) in [6.45, 7) is 1.80. The predicted molar refractivity (Wildman–Crippen MR) is 61.1 cm³/mol. The maximum atomic E-state index is 11.3. The molecule has 3 nitrogen and oxygen atoms in total. The Hall–Kier alpha value is -0.420. The van der Waals surface area contributed by atoms with Crippen LogP contribution in [-0.2, 0) is 4.79 Å². The molecule has 1 unspecified atom stereocenters. The molecule has 1 aliphatic carbocycles. The molecule has 1 aromatic heterocycles. The van der Waals surface area contributed by atoms with Gasteiger partial charge < -0.3 is 5.32 Å².